The van der Waals surface area contributed by atoms with Gasteiger partial charge in [0.15, 0.2) is 5.82 Å². The van der Waals surface area contributed by atoms with E-state index in [0.717, 1.165) is 33.7 Å². The lowest BCUT2D eigenvalue weighted by Crippen LogP contribution is -2.05. The number of nitrogens with one attached hydrogen (secondary N) is 2. The maximum Gasteiger partial charge on any atom is 0.163 e. The number of aromatic nitrogens is 3. The zero-order valence-corrected chi connectivity index (χ0v) is 12.5. The third-order valence-corrected chi connectivity index (χ3v) is 4.39. The van der Waals surface area contributed by atoms with Crippen molar-refractivity contribution >= 4 is 29.0 Å². The van der Waals surface area contributed by atoms with Gasteiger partial charge in [0.25, 0.3) is 0 Å². The maximum atomic E-state index is 4.34. The summed E-state index contributed by atoms with van der Waals surface area (Å²) in [5, 5.41) is 7.62. The second kappa shape index (κ2) is 5.65. The normalized spacial score (nSPS) is 12.0. The molecule has 1 aliphatic heterocycles. The highest BCUT2D eigenvalue weighted by molar-refractivity contribution is 7.99. The first-order valence-electron chi connectivity index (χ1n) is 6.91. The average molecular weight is 307 g/mol. The molecule has 0 unspecified atom stereocenters. The molecular weight excluding hydrogens is 294 g/mol. The lowest BCUT2D eigenvalue weighted by Gasteiger charge is -2.19. The molecule has 2 aromatic heterocycles. The monoisotopic (exact) mass is 307 g/mol. The molecule has 0 spiro atoms. The topological polar surface area (TPSA) is 62.7 Å². The molecule has 5 nitrogen and oxygen atoms in total. The van der Waals surface area contributed by atoms with E-state index < -0.39 is 0 Å². The van der Waals surface area contributed by atoms with Gasteiger partial charge in [-0.2, -0.15) is 0 Å². The zero-order chi connectivity index (χ0) is 14.8. The number of nitrogens with zero attached hydrogens (tertiary/aromatic N) is 3. The second-order valence-electron chi connectivity index (χ2n) is 4.86. The van der Waals surface area contributed by atoms with Gasteiger partial charge < -0.3 is 10.6 Å². The molecule has 1 aliphatic rings. The number of hydrogen-bond acceptors (Lipinski definition) is 6. The molecule has 0 amide bonds. The van der Waals surface area contributed by atoms with Gasteiger partial charge in [-0.3, -0.25) is 4.98 Å². The number of hydrogen-bond donors (Lipinski definition) is 2. The molecule has 0 saturated heterocycles. The summed E-state index contributed by atoms with van der Waals surface area (Å²) >= 11 is 1.64. The molecule has 108 valence electrons. The van der Waals surface area contributed by atoms with E-state index in [1.807, 2.05) is 18.3 Å². The summed E-state index contributed by atoms with van der Waals surface area (Å²) in [4.78, 5) is 13.9. The van der Waals surface area contributed by atoms with E-state index in [0.29, 0.717) is 0 Å². The number of fused-ring (bicyclic) bond motifs is 2. The molecule has 3 aromatic rings. The van der Waals surface area contributed by atoms with Crippen molar-refractivity contribution in [2.24, 2.45) is 0 Å². The van der Waals surface area contributed by atoms with Crippen LogP contribution in [0.1, 0.15) is 5.56 Å². The van der Waals surface area contributed by atoms with Crippen molar-refractivity contribution < 1.29 is 0 Å². The van der Waals surface area contributed by atoms with Crippen molar-refractivity contribution in [3.8, 4) is 0 Å². The summed E-state index contributed by atoms with van der Waals surface area (Å²) < 4.78 is 0. The van der Waals surface area contributed by atoms with Gasteiger partial charge >= 0.3 is 0 Å². The summed E-state index contributed by atoms with van der Waals surface area (Å²) in [6.45, 7) is 0.749. The Labute approximate surface area is 132 Å². The Morgan fingerprint density at radius 3 is 2.95 bits per heavy atom. The number of anilines is 3. The summed E-state index contributed by atoms with van der Waals surface area (Å²) in [7, 11) is 0. The van der Waals surface area contributed by atoms with Crippen LogP contribution < -0.4 is 10.6 Å². The predicted molar refractivity (Wildman–Crippen MR) is 87.4 cm³/mol. The van der Waals surface area contributed by atoms with Gasteiger partial charge in [0.1, 0.15) is 5.03 Å². The predicted octanol–water partition coefficient (Wildman–Crippen LogP) is 3.69. The largest absolute Gasteiger partial charge is 0.380 e. The molecule has 0 bridgehead atoms. The Bertz CT molecular complexity index is 807. The lowest BCUT2D eigenvalue weighted by atomic mass is 10.2. The highest BCUT2D eigenvalue weighted by Crippen LogP contribution is 2.41. The molecule has 0 atom stereocenters. The Kier molecular flexibility index (Phi) is 3.36. The minimum absolute atomic E-state index is 0.749. The fourth-order valence-electron chi connectivity index (χ4n) is 2.26. The minimum atomic E-state index is 0.749. The van der Waals surface area contributed by atoms with Crippen LogP contribution in [-0.4, -0.2) is 15.0 Å². The van der Waals surface area contributed by atoms with Crippen molar-refractivity contribution in [3.05, 3.63) is 60.7 Å². The Hall–Kier alpha value is -2.60. The van der Waals surface area contributed by atoms with E-state index in [4.69, 9.17) is 0 Å². The molecule has 1 aromatic carbocycles. The fourth-order valence-corrected chi connectivity index (χ4v) is 3.14. The van der Waals surface area contributed by atoms with Crippen LogP contribution in [0.15, 0.2) is 65.0 Å². The van der Waals surface area contributed by atoms with Crippen LogP contribution in [0.3, 0.4) is 0 Å². The van der Waals surface area contributed by atoms with Crippen molar-refractivity contribution in [1.29, 1.82) is 0 Å². The molecule has 4 rings (SSSR count). The van der Waals surface area contributed by atoms with Crippen LogP contribution in [-0.2, 0) is 6.54 Å². The number of benzene rings is 1. The van der Waals surface area contributed by atoms with Crippen molar-refractivity contribution in [3.63, 3.8) is 0 Å². The first kappa shape index (κ1) is 13.1. The maximum absolute atomic E-state index is 4.34. The summed E-state index contributed by atoms with van der Waals surface area (Å²) in [6, 6.07) is 10.3. The van der Waals surface area contributed by atoms with E-state index in [2.05, 4.69) is 43.8 Å². The molecule has 0 aliphatic carbocycles. The van der Waals surface area contributed by atoms with E-state index in [1.165, 1.54) is 5.56 Å². The van der Waals surface area contributed by atoms with Crippen LogP contribution in [0, 0.1) is 0 Å². The van der Waals surface area contributed by atoms with Crippen molar-refractivity contribution in [1.82, 2.24) is 15.0 Å². The van der Waals surface area contributed by atoms with Gasteiger partial charge in [-0.25, -0.2) is 9.97 Å². The number of pyridine rings is 1. The summed E-state index contributed by atoms with van der Waals surface area (Å²) in [5.41, 5.74) is 3.28. The molecule has 3 heterocycles. The molecule has 22 heavy (non-hydrogen) atoms. The van der Waals surface area contributed by atoms with Gasteiger partial charge in [-0.15, -0.1) is 0 Å². The van der Waals surface area contributed by atoms with Crippen LogP contribution >= 0.6 is 11.8 Å². The van der Waals surface area contributed by atoms with E-state index in [1.54, 1.807) is 30.4 Å². The van der Waals surface area contributed by atoms with Crippen LogP contribution in [0.25, 0.3) is 0 Å². The quantitative estimate of drug-likeness (QED) is 0.602. The fraction of sp³-hybridized carbons (Fsp3) is 0.0625. The van der Waals surface area contributed by atoms with E-state index >= 15 is 0 Å². The first-order valence-corrected chi connectivity index (χ1v) is 7.73. The Morgan fingerprint density at radius 1 is 1.09 bits per heavy atom. The number of rotatable bonds is 3. The van der Waals surface area contributed by atoms with Crippen LogP contribution in [0.2, 0.25) is 0 Å². The molecule has 0 saturated carbocycles. The van der Waals surface area contributed by atoms with E-state index in [9.17, 15) is 0 Å². The van der Waals surface area contributed by atoms with Crippen molar-refractivity contribution in [2.75, 3.05) is 10.6 Å². The molecular formula is C16H13N5S. The molecule has 0 radical (unpaired) electrons. The average Bonchev–Trinajstić information content (AvgIpc) is 2.59. The molecule has 6 heteroatoms. The Morgan fingerprint density at radius 2 is 2.05 bits per heavy atom. The molecule has 0 fully saturated rings. The van der Waals surface area contributed by atoms with Gasteiger partial charge in [-0.1, -0.05) is 17.8 Å². The van der Waals surface area contributed by atoms with Crippen LogP contribution in [0.5, 0.6) is 0 Å². The Balaban J connectivity index is 1.53. The van der Waals surface area contributed by atoms with Crippen LogP contribution in [0.4, 0.5) is 17.2 Å². The standard InChI is InChI=1S/C16H13N5S/c1-2-12(10-17-5-1)20-9-11-3-4-14-13(8-11)21-15-16(22-14)19-7-6-18-15/h1-8,10,20H,9H2,(H,18,21). The second-order valence-corrected chi connectivity index (χ2v) is 5.89. The van der Waals surface area contributed by atoms with Gasteiger partial charge in [0.05, 0.1) is 11.4 Å². The van der Waals surface area contributed by atoms with Crippen molar-refractivity contribution in [2.45, 2.75) is 16.5 Å². The minimum Gasteiger partial charge on any atom is -0.380 e. The lowest BCUT2D eigenvalue weighted by molar-refractivity contribution is 1.04. The summed E-state index contributed by atoms with van der Waals surface area (Å²) in [6.07, 6.45) is 7.00. The molecule has 2 N–H and O–H groups in total. The smallest absolute Gasteiger partial charge is 0.163 e. The summed E-state index contributed by atoms with van der Waals surface area (Å²) in [5.74, 6) is 0.817. The highest BCUT2D eigenvalue weighted by atomic mass is 32.2. The SMILES string of the molecule is c1cncc(NCc2ccc3c(c2)Nc2nccnc2S3)c1. The first-order chi connectivity index (χ1) is 10.9. The van der Waals surface area contributed by atoms with Gasteiger partial charge in [-0.05, 0) is 29.8 Å². The third-order valence-electron chi connectivity index (χ3n) is 3.33. The highest BCUT2D eigenvalue weighted by Gasteiger charge is 2.17. The third kappa shape index (κ3) is 2.60. The van der Waals surface area contributed by atoms with Gasteiger partial charge in [0.2, 0.25) is 0 Å². The van der Waals surface area contributed by atoms with Gasteiger partial charge in [0, 0.05) is 36.2 Å². The zero-order valence-electron chi connectivity index (χ0n) is 11.7. The van der Waals surface area contributed by atoms with E-state index in [-0.39, 0.29) is 0 Å².